The van der Waals surface area contributed by atoms with Crippen LogP contribution in [0, 0.1) is 0 Å². The maximum Gasteiger partial charge on any atom is 0.175 e. The van der Waals surface area contributed by atoms with Crippen LogP contribution in [0.2, 0.25) is 0 Å². The summed E-state index contributed by atoms with van der Waals surface area (Å²) in [6.07, 6.45) is 2.78. The monoisotopic (exact) mass is 305 g/mol. The second-order valence-corrected chi connectivity index (χ2v) is 8.05. The molecule has 0 atom stereocenters. The zero-order chi connectivity index (χ0) is 15.8. The summed E-state index contributed by atoms with van der Waals surface area (Å²) >= 11 is 0. The number of nitrogens with zero attached hydrogens (tertiary/aromatic N) is 2. The van der Waals surface area contributed by atoms with E-state index >= 15 is 0 Å². The first-order valence-electron chi connectivity index (χ1n) is 6.52. The first kappa shape index (κ1) is 15.4. The van der Waals surface area contributed by atoms with E-state index < -0.39 is 9.84 Å². The molecule has 0 amide bonds. The van der Waals surface area contributed by atoms with Gasteiger partial charge in [-0.3, -0.25) is 0 Å². The van der Waals surface area contributed by atoms with E-state index in [-0.39, 0.29) is 10.3 Å². The zero-order valence-corrected chi connectivity index (χ0v) is 13.4. The molecule has 2 aromatic rings. The molecule has 0 saturated heterocycles. The summed E-state index contributed by atoms with van der Waals surface area (Å²) in [5.41, 5.74) is 7.88. The Bertz CT molecular complexity index is 760. The minimum Gasteiger partial charge on any atom is -0.382 e. The van der Waals surface area contributed by atoms with Crippen molar-refractivity contribution in [3.8, 4) is 11.3 Å². The second-order valence-electron chi connectivity index (χ2n) is 6.04. The highest BCUT2D eigenvalue weighted by Gasteiger charge is 2.20. The smallest absolute Gasteiger partial charge is 0.175 e. The highest BCUT2D eigenvalue weighted by atomic mass is 32.2. The van der Waals surface area contributed by atoms with Gasteiger partial charge in [0.1, 0.15) is 5.82 Å². The third-order valence-corrected chi connectivity index (χ3v) is 4.22. The third kappa shape index (κ3) is 3.39. The summed E-state index contributed by atoms with van der Waals surface area (Å²) in [7, 11) is -3.20. The van der Waals surface area contributed by atoms with E-state index in [1.54, 1.807) is 30.5 Å². The largest absolute Gasteiger partial charge is 0.382 e. The zero-order valence-electron chi connectivity index (χ0n) is 12.6. The molecule has 0 unspecified atom stereocenters. The van der Waals surface area contributed by atoms with E-state index in [0.29, 0.717) is 11.5 Å². The SMILES string of the molecule is CC(C)(C)c1nc(-c2ccc(S(C)(=O)=O)cc2)cnc1N. The highest BCUT2D eigenvalue weighted by Crippen LogP contribution is 2.27. The second kappa shape index (κ2) is 5.11. The molecule has 0 spiro atoms. The van der Waals surface area contributed by atoms with Crippen LogP contribution in [0.15, 0.2) is 35.4 Å². The number of hydrogen-bond acceptors (Lipinski definition) is 5. The number of benzene rings is 1. The molecule has 0 saturated carbocycles. The molecule has 1 heterocycles. The molecule has 2 N–H and O–H groups in total. The first-order valence-corrected chi connectivity index (χ1v) is 8.41. The summed E-state index contributed by atoms with van der Waals surface area (Å²) in [5.74, 6) is 0.416. The van der Waals surface area contributed by atoms with E-state index in [4.69, 9.17) is 5.73 Å². The van der Waals surface area contributed by atoms with Gasteiger partial charge >= 0.3 is 0 Å². The fraction of sp³-hybridized carbons (Fsp3) is 0.333. The van der Waals surface area contributed by atoms with Crippen molar-refractivity contribution in [1.82, 2.24) is 9.97 Å². The topological polar surface area (TPSA) is 85.9 Å². The lowest BCUT2D eigenvalue weighted by molar-refractivity contribution is 0.569. The molecule has 5 nitrogen and oxygen atoms in total. The summed E-state index contributed by atoms with van der Waals surface area (Å²) in [6, 6.07) is 6.59. The van der Waals surface area contributed by atoms with Crippen LogP contribution in [0.3, 0.4) is 0 Å². The lowest BCUT2D eigenvalue weighted by atomic mass is 9.91. The Morgan fingerprint density at radius 3 is 2.14 bits per heavy atom. The predicted molar refractivity (Wildman–Crippen MR) is 83.7 cm³/mol. The normalized spacial score (nSPS) is 12.4. The van der Waals surface area contributed by atoms with E-state index in [9.17, 15) is 8.42 Å². The molecule has 2 rings (SSSR count). The molecule has 0 radical (unpaired) electrons. The molecule has 21 heavy (non-hydrogen) atoms. The minimum atomic E-state index is -3.20. The third-order valence-electron chi connectivity index (χ3n) is 3.09. The van der Waals surface area contributed by atoms with Gasteiger partial charge < -0.3 is 5.73 Å². The lowest BCUT2D eigenvalue weighted by Gasteiger charge is -2.19. The molecular formula is C15H19N3O2S. The molecular weight excluding hydrogens is 286 g/mol. The van der Waals surface area contributed by atoms with Crippen molar-refractivity contribution in [3.63, 3.8) is 0 Å². The van der Waals surface area contributed by atoms with Crippen LogP contribution in [0.25, 0.3) is 11.3 Å². The number of rotatable bonds is 2. The van der Waals surface area contributed by atoms with Gasteiger partial charge in [0.2, 0.25) is 0 Å². The van der Waals surface area contributed by atoms with Crippen LogP contribution >= 0.6 is 0 Å². The van der Waals surface area contributed by atoms with Crippen molar-refractivity contribution in [1.29, 1.82) is 0 Å². The average Bonchev–Trinajstić information content (AvgIpc) is 2.37. The van der Waals surface area contributed by atoms with Crippen molar-refractivity contribution in [3.05, 3.63) is 36.2 Å². The van der Waals surface area contributed by atoms with Crippen molar-refractivity contribution >= 4 is 15.7 Å². The quantitative estimate of drug-likeness (QED) is 0.921. The molecule has 1 aromatic carbocycles. The van der Waals surface area contributed by atoms with Gasteiger partial charge in [-0.1, -0.05) is 32.9 Å². The van der Waals surface area contributed by atoms with Gasteiger partial charge in [0.15, 0.2) is 9.84 Å². The van der Waals surface area contributed by atoms with Crippen LogP contribution in [-0.2, 0) is 15.3 Å². The van der Waals surface area contributed by atoms with Crippen LogP contribution < -0.4 is 5.73 Å². The Labute approximate surface area is 125 Å². The van der Waals surface area contributed by atoms with E-state index in [1.807, 2.05) is 20.8 Å². The molecule has 0 aliphatic carbocycles. The van der Waals surface area contributed by atoms with Gasteiger partial charge in [0.05, 0.1) is 22.5 Å². The maximum absolute atomic E-state index is 11.5. The number of anilines is 1. The van der Waals surface area contributed by atoms with Crippen molar-refractivity contribution in [2.45, 2.75) is 31.1 Å². The number of nitrogens with two attached hydrogens (primary N) is 1. The predicted octanol–water partition coefficient (Wildman–Crippen LogP) is 2.43. The Morgan fingerprint density at radius 2 is 1.67 bits per heavy atom. The summed E-state index contributed by atoms with van der Waals surface area (Å²) in [5, 5.41) is 0. The van der Waals surface area contributed by atoms with Gasteiger partial charge in [0.25, 0.3) is 0 Å². The standard InChI is InChI=1S/C15H19N3O2S/c1-15(2,3)13-14(16)17-9-12(18-13)10-5-7-11(8-6-10)21(4,19)20/h5-9H,1-4H3,(H2,16,17). The molecule has 6 heteroatoms. The highest BCUT2D eigenvalue weighted by molar-refractivity contribution is 7.90. The average molecular weight is 305 g/mol. The molecule has 112 valence electrons. The van der Waals surface area contributed by atoms with E-state index in [1.165, 1.54) is 6.26 Å². The number of aromatic nitrogens is 2. The molecule has 0 bridgehead atoms. The summed E-state index contributed by atoms with van der Waals surface area (Å²) < 4.78 is 22.9. The minimum absolute atomic E-state index is 0.209. The van der Waals surface area contributed by atoms with Crippen LogP contribution in [0.5, 0.6) is 0 Å². The van der Waals surface area contributed by atoms with Crippen molar-refractivity contribution in [2.75, 3.05) is 12.0 Å². The lowest BCUT2D eigenvalue weighted by Crippen LogP contribution is -2.17. The Morgan fingerprint density at radius 1 is 1.10 bits per heavy atom. The summed E-state index contributed by atoms with van der Waals surface area (Å²) in [6.45, 7) is 6.05. The molecule has 0 aliphatic heterocycles. The van der Waals surface area contributed by atoms with Gasteiger partial charge in [-0.2, -0.15) is 0 Å². The van der Waals surface area contributed by atoms with E-state index in [0.717, 1.165) is 11.3 Å². The van der Waals surface area contributed by atoms with Crippen molar-refractivity contribution in [2.24, 2.45) is 0 Å². The Balaban J connectivity index is 2.48. The van der Waals surface area contributed by atoms with Crippen LogP contribution in [0.1, 0.15) is 26.5 Å². The first-order chi connectivity index (χ1) is 9.59. The summed E-state index contributed by atoms with van der Waals surface area (Å²) in [4.78, 5) is 9.04. The number of nitrogen functional groups attached to an aromatic ring is 1. The van der Waals surface area contributed by atoms with Crippen molar-refractivity contribution < 1.29 is 8.42 Å². The van der Waals surface area contributed by atoms with Gasteiger partial charge in [-0.25, -0.2) is 18.4 Å². The number of sulfone groups is 1. The van der Waals surface area contributed by atoms with Crippen LogP contribution in [0.4, 0.5) is 5.82 Å². The fourth-order valence-corrected chi connectivity index (χ4v) is 2.59. The number of hydrogen-bond donors (Lipinski definition) is 1. The molecule has 0 fully saturated rings. The van der Waals surface area contributed by atoms with E-state index in [2.05, 4.69) is 9.97 Å². The molecule has 0 aliphatic rings. The van der Waals surface area contributed by atoms with Gasteiger partial charge in [0, 0.05) is 17.2 Å². The molecule has 1 aromatic heterocycles. The van der Waals surface area contributed by atoms with Gasteiger partial charge in [-0.05, 0) is 12.1 Å². The Hall–Kier alpha value is -1.95. The maximum atomic E-state index is 11.5. The van der Waals surface area contributed by atoms with Crippen LogP contribution in [-0.4, -0.2) is 24.6 Å². The Kier molecular flexibility index (Phi) is 3.76. The van der Waals surface area contributed by atoms with Gasteiger partial charge in [-0.15, -0.1) is 0 Å². The fourth-order valence-electron chi connectivity index (χ4n) is 1.96.